The Morgan fingerprint density at radius 2 is 1.24 bits per heavy atom. The molecule has 1 fully saturated rings. The summed E-state index contributed by atoms with van der Waals surface area (Å²) in [6.45, 7) is 2.26. The standard InChI is InChI=1S/C36H40F4O/c1-3-4-5-6-23-7-9-24(10-8-23)25-11-13-26(14-12-25)29-19-20-30(34(38)33(29)37)27-15-17-28(18-16-27)31-21-22-32(41-2)36(40)35(31)39/h13,15-25H,3-12,14H2,1-2H3. The molecule has 0 spiro atoms. The molecule has 5 rings (SSSR count). The summed E-state index contributed by atoms with van der Waals surface area (Å²) in [5.41, 5.74) is 2.34. The fraction of sp³-hybridized carbons (Fsp3) is 0.444. The minimum atomic E-state index is -1.06. The second kappa shape index (κ2) is 13.3. The van der Waals surface area contributed by atoms with Gasteiger partial charge in [-0.3, -0.25) is 0 Å². The van der Waals surface area contributed by atoms with Gasteiger partial charge in [0.2, 0.25) is 5.82 Å². The highest BCUT2D eigenvalue weighted by Gasteiger charge is 2.29. The van der Waals surface area contributed by atoms with Gasteiger partial charge in [-0.15, -0.1) is 0 Å². The molecule has 0 amide bonds. The van der Waals surface area contributed by atoms with E-state index in [1.54, 1.807) is 36.4 Å². The van der Waals surface area contributed by atoms with E-state index >= 15 is 8.78 Å². The van der Waals surface area contributed by atoms with E-state index in [1.165, 1.54) is 70.6 Å². The maximum Gasteiger partial charge on any atom is 0.201 e. The Morgan fingerprint density at radius 1 is 0.659 bits per heavy atom. The van der Waals surface area contributed by atoms with Crippen molar-refractivity contribution < 1.29 is 22.3 Å². The third-order valence-electron chi connectivity index (χ3n) is 9.43. The van der Waals surface area contributed by atoms with E-state index in [4.69, 9.17) is 4.74 Å². The van der Waals surface area contributed by atoms with Gasteiger partial charge in [0, 0.05) is 16.7 Å². The van der Waals surface area contributed by atoms with Crippen molar-refractivity contribution in [3.05, 3.63) is 83.4 Å². The lowest BCUT2D eigenvalue weighted by molar-refractivity contribution is 0.187. The van der Waals surface area contributed by atoms with Crippen molar-refractivity contribution in [2.24, 2.45) is 17.8 Å². The average Bonchev–Trinajstić information content (AvgIpc) is 3.01. The summed E-state index contributed by atoms with van der Waals surface area (Å²) in [5.74, 6) is -1.68. The van der Waals surface area contributed by atoms with Crippen molar-refractivity contribution in [1.82, 2.24) is 0 Å². The summed E-state index contributed by atoms with van der Waals surface area (Å²) >= 11 is 0. The molecule has 1 saturated carbocycles. The van der Waals surface area contributed by atoms with Crippen molar-refractivity contribution in [3.8, 4) is 28.0 Å². The van der Waals surface area contributed by atoms with Gasteiger partial charge in [0.15, 0.2) is 23.2 Å². The molecular formula is C36H40F4O. The minimum Gasteiger partial charge on any atom is -0.494 e. The Hall–Kier alpha value is -3.08. The fourth-order valence-electron chi connectivity index (χ4n) is 6.92. The Balaban J connectivity index is 1.25. The molecule has 0 aromatic heterocycles. The smallest absolute Gasteiger partial charge is 0.201 e. The molecule has 1 unspecified atom stereocenters. The second-order valence-corrected chi connectivity index (χ2v) is 11.8. The van der Waals surface area contributed by atoms with Crippen LogP contribution in [0.2, 0.25) is 0 Å². The van der Waals surface area contributed by atoms with Crippen LogP contribution in [0.3, 0.4) is 0 Å². The highest BCUT2D eigenvalue weighted by Crippen LogP contribution is 2.43. The second-order valence-electron chi connectivity index (χ2n) is 11.8. The minimum absolute atomic E-state index is 0.0689. The molecule has 2 aliphatic rings. The van der Waals surface area contributed by atoms with Crippen LogP contribution in [0.4, 0.5) is 17.6 Å². The van der Waals surface area contributed by atoms with Crippen molar-refractivity contribution in [2.45, 2.75) is 77.6 Å². The molecule has 218 valence electrons. The molecule has 3 aromatic rings. The van der Waals surface area contributed by atoms with Crippen LogP contribution >= 0.6 is 0 Å². The van der Waals surface area contributed by atoms with Gasteiger partial charge in [0.1, 0.15) is 0 Å². The first-order valence-corrected chi connectivity index (χ1v) is 15.2. The molecule has 1 nitrogen and oxygen atoms in total. The predicted octanol–water partition coefficient (Wildman–Crippen LogP) is 11.2. The zero-order chi connectivity index (χ0) is 28.9. The van der Waals surface area contributed by atoms with Crippen LogP contribution < -0.4 is 4.74 Å². The number of hydrogen-bond acceptors (Lipinski definition) is 1. The normalized spacial score (nSPS) is 21.0. The van der Waals surface area contributed by atoms with Gasteiger partial charge in [0.25, 0.3) is 0 Å². The molecule has 0 radical (unpaired) electrons. The van der Waals surface area contributed by atoms with Crippen LogP contribution in [-0.2, 0) is 0 Å². The topological polar surface area (TPSA) is 9.23 Å². The lowest BCUT2D eigenvalue weighted by Crippen LogP contribution is -2.23. The number of hydrogen-bond donors (Lipinski definition) is 0. The third-order valence-corrected chi connectivity index (χ3v) is 9.43. The van der Waals surface area contributed by atoms with E-state index in [1.807, 2.05) is 0 Å². The monoisotopic (exact) mass is 564 g/mol. The molecule has 0 bridgehead atoms. The van der Waals surface area contributed by atoms with E-state index in [2.05, 4.69) is 13.0 Å². The number of allylic oxidation sites excluding steroid dienone is 2. The Kier molecular flexibility index (Phi) is 9.52. The van der Waals surface area contributed by atoms with E-state index in [9.17, 15) is 8.78 Å². The van der Waals surface area contributed by atoms with Gasteiger partial charge >= 0.3 is 0 Å². The number of methoxy groups -OCH3 is 1. The molecule has 0 aliphatic heterocycles. The molecule has 2 aliphatic carbocycles. The molecular weight excluding hydrogens is 524 g/mol. The zero-order valence-electron chi connectivity index (χ0n) is 24.1. The fourth-order valence-corrected chi connectivity index (χ4v) is 6.92. The number of benzene rings is 3. The van der Waals surface area contributed by atoms with Crippen molar-refractivity contribution in [1.29, 1.82) is 0 Å². The van der Waals surface area contributed by atoms with Gasteiger partial charge in [0.05, 0.1) is 7.11 Å². The first-order valence-electron chi connectivity index (χ1n) is 15.2. The number of ether oxygens (including phenoxy) is 1. The largest absolute Gasteiger partial charge is 0.494 e. The SMILES string of the molecule is CCCCCC1CCC(C2CC=C(c3ccc(-c4ccc(-c5ccc(OC)c(F)c5F)cc4)c(F)c3F)CC2)CC1. The molecule has 0 N–H and O–H groups in total. The van der Waals surface area contributed by atoms with Gasteiger partial charge < -0.3 is 4.74 Å². The van der Waals surface area contributed by atoms with Crippen LogP contribution in [0.25, 0.3) is 27.8 Å². The van der Waals surface area contributed by atoms with Crippen molar-refractivity contribution in [2.75, 3.05) is 7.11 Å². The Bertz CT molecular complexity index is 1370. The summed E-state index contributed by atoms with van der Waals surface area (Å²) in [4.78, 5) is 0. The Morgan fingerprint density at radius 3 is 1.83 bits per heavy atom. The third kappa shape index (κ3) is 6.39. The predicted molar refractivity (Wildman–Crippen MR) is 159 cm³/mol. The highest BCUT2D eigenvalue weighted by molar-refractivity contribution is 5.74. The van der Waals surface area contributed by atoms with E-state index in [0.29, 0.717) is 22.6 Å². The van der Waals surface area contributed by atoms with E-state index in [-0.39, 0.29) is 16.9 Å². The Labute approximate surface area is 241 Å². The van der Waals surface area contributed by atoms with Crippen molar-refractivity contribution >= 4 is 5.57 Å². The first-order chi connectivity index (χ1) is 19.9. The molecule has 41 heavy (non-hydrogen) atoms. The summed E-state index contributed by atoms with van der Waals surface area (Å²) in [6, 6.07) is 12.4. The van der Waals surface area contributed by atoms with E-state index < -0.39 is 23.3 Å². The van der Waals surface area contributed by atoms with Crippen LogP contribution in [-0.4, -0.2) is 7.11 Å². The molecule has 1 atom stereocenters. The lowest BCUT2D eigenvalue weighted by atomic mass is 9.70. The van der Waals surface area contributed by atoms with Gasteiger partial charge in [-0.25, -0.2) is 13.2 Å². The molecule has 0 heterocycles. The van der Waals surface area contributed by atoms with Crippen LogP contribution in [0.1, 0.15) is 83.1 Å². The molecule has 0 saturated heterocycles. The van der Waals surface area contributed by atoms with Gasteiger partial charge in [-0.2, -0.15) is 4.39 Å². The quantitative estimate of drug-likeness (QED) is 0.186. The number of halogens is 4. The van der Waals surface area contributed by atoms with Crippen LogP contribution in [0.15, 0.2) is 54.6 Å². The maximum atomic E-state index is 15.3. The summed E-state index contributed by atoms with van der Waals surface area (Å²) < 4.78 is 64.2. The average molecular weight is 565 g/mol. The summed E-state index contributed by atoms with van der Waals surface area (Å²) in [6.07, 6.45) is 15.5. The number of rotatable bonds is 9. The van der Waals surface area contributed by atoms with E-state index in [0.717, 1.165) is 36.7 Å². The highest BCUT2D eigenvalue weighted by atomic mass is 19.2. The maximum absolute atomic E-state index is 15.3. The van der Waals surface area contributed by atoms with Crippen molar-refractivity contribution in [3.63, 3.8) is 0 Å². The lowest BCUT2D eigenvalue weighted by Gasteiger charge is -2.35. The van der Waals surface area contributed by atoms with Crippen LogP contribution in [0.5, 0.6) is 5.75 Å². The van der Waals surface area contributed by atoms with Crippen LogP contribution in [0, 0.1) is 41.0 Å². The summed E-state index contributed by atoms with van der Waals surface area (Å²) in [7, 11) is 1.27. The number of unbranched alkanes of at least 4 members (excludes halogenated alkanes) is 2. The first kappa shape index (κ1) is 29.4. The summed E-state index contributed by atoms with van der Waals surface area (Å²) in [5, 5.41) is 0. The zero-order valence-corrected chi connectivity index (χ0v) is 24.1. The molecule has 3 aromatic carbocycles. The van der Waals surface area contributed by atoms with Gasteiger partial charge in [-0.05, 0) is 78.7 Å². The molecule has 5 heteroatoms. The van der Waals surface area contributed by atoms with Gasteiger partial charge in [-0.1, -0.05) is 87.9 Å².